The van der Waals surface area contributed by atoms with E-state index >= 15 is 0 Å². The van der Waals surface area contributed by atoms with Gasteiger partial charge in [0.1, 0.15) is 5.75 Å². The highest BCUT2D eigenvalue weighted by Crippen LogP contribution is 2.47. The first-order valence-electron chi connectivity index (χ1n) is 9.45. The van der Waals surface area contributed by atoms with Gasteiger partial charge in [0.05, 0.1) is 0 Å². The molecular weight excluding hydrogens is 380 g/mol. The second-order valence-electron chi connectivity index (χ2n) is 7.33. The number of amides is 1. The zero-order valence-corrected chi connectivity index (χ0v) is 16.1. The van der Waals surface area contributed by atoms with Crippen molar-refractivity contribution in [2.24, 2.45) is 5.73 Å². The molecule has 0 aromatic heterocycles. The maximum Gasteiger partial charge on any atom is 0.255 e. The standard InChI is InChI=1S/C21H21ClN2O4/c22-11-7-8-17(28-10-18(23)27)12(9-11)19-20-13(3-1-5-15(20)25)24-14-4-2-6-16(26)21(14)19/h7-9,19,24H,1-6,10H2,(H2,23,27). The van der Waals surface area contributed by atoms with Crippen molar-refractivity contribution < 1.29 is 19.1 Å². The number of ether oxygens (including phenoxy) is 1. The molecule has 1 heterocycles. The predicted molar refractivity (Wildman–Crippen MR) is 104 cm³/mol. The van der Waals surface area contributed by atoms with E-state index in [4.69, 9.17) is 22.1 Å². The van der Waals surface area contributed by atoms with Crippen LogP contribution in [0, 0.1) is 0 Å². The van der Waals surface area contributed by atoms with Crippen LogP contribution in [0.15, 0.2) is 40.7 Å². The van der Waals surface area contributed by atoms with Crippen molar-refractivity contribution in [2.45, 2.75) is 44.4 Å². The van der Waals surface area contributed by atoms with Crippen molar-refractivity contribution in [1.29, 1.82) is 0 Å². The number of hydrogen-bond donors (Lipinski definition) is 2. The van der Waals surface area contributed by atoms with Crippen LogP contribution in [0.1, 0.15) is 50.0 Å². The van der Waals surface area contributed by atoms with E-state index in [9.17, 15) is 14.4 Å². The quantitative estimate of drug-likeness (QED) is 0.809. The molecule has 0 atom stereocenters. The number of Topliss-reactive ketones (excluding diaryl/α,β-unsaturated/α-hetero) is 2. The summed E-state index contributed by atoms with van der Waals surface area (Å²) in [6.07, 6.45) is 4.00. The highest BCUT2D eigenvalue weighted by atomic mass is 35.5. The van der Waals surface area contributed by atoms with Gasteiger partial charge in [-0.2, -0.15) is 0 Å². The number of ketones is 2. The Morgan fingerprint density at radius 3 is 2.25 bits per heavy atom. The Hall–Kier alpha value is -2.60. The summed E-state index contributed by atoms with van der Waals surface area (Å²) < 4.78 is 5.62. The maximum atomic E-state index is 12.9. The first-order chi connectivity index (χ1) is 13.5. The average Bonchev–Trinajstić information content (AvgIpc) is 2.66. The molecule has 0 saturated heterocycles. The van der Waals surface area contributed by atoms with Gasteiger partial charge in [-0.25, -0.2) is 0 Å². The van der Waals surface area contributed by atoms with E-state index in [1.54, 1.807) is 18.2 Å². The SMILES string of the molecule is NC(=O)COc1ccc(Cl)cc1C1C2=C(CCCC2=O)NC2=C1C(=O)CCC2. The van der Waals surface area contributed by atoms with Crippen LogP contribution in [0.25, 0.3) is 0 Å². The van der Waals surface area contributed by atoms with Crippen LogP contribution in [0.3, 0.4) is 0 Å². The molecule has 0 bridgehead atoms. The monoisotopic (exact) mass is 400 g/mol. The van der Waals surface area contributed by atoms with Crippen LogP contribution in [0.2, 0.25) is 5.02 Å². The van der Waals surface area contributed by atoms with E-state index < -0.39 is 11.8 Å². The van der Waals surface area contributed by atoms with Crippen molar-refractivity contribution >= 4 is 29.1 Å². The Morgan fingerprint density at radius 2 is 1.68 bits per heavy atom. The average molecular weight is 401 g/mol. The molecule has 28 heavy (non-hydrogen) atoms. The molecule has 0 fully saturated rings. The fraction of sp³-hybridized carbons (Fsp3) is 0.381. The predicted octanol–water partition coefficient (Wildman–Crippen LogP) is 2.91. The highest BCUT2D eigenvalue weighted by molar-refractivity contribution is 6.30. The van der Waals surface area contributed by atoms with Crippen LogP contribution in [-0.2, 0) is 14.4 Å². The molecule has 0 spiro atoms. The fourth-order valence-electron chi connectivity index (χ4n) is 4.32. The first-order valence-corrected chi connectivity index (χ1v) is 9.83. The van der Waals surface area contributed by atoms with Crippen LogP contribution in [0.4, 0.5) is 0 Å². The van der Waals surface area contributed by atoms with Crippen molar-refractivity contribution in [3.05, 3.63) is 51.3 Å². The molecule has 6 nitrogen and oxygen atoms in total. The topological polar surface area (TPSA) is 98.5 Å². The summed E-state index contributed by atoms with van der Waals surface area (Å²) >= 11 is 6.26. The summed E-state index contributed by atoms with van der Waals surface area (Å²) in [5.41, 5.74) is 8.86. The molecule has 146 valence electrons. The van der Waals surface area contributed by atoms with Crippen LogP contribution in [0.5, 0.6) is 5.75 Å². The lowest BCUT2D eigenvalue weighted by Gasteiger charge is -2.37. The Kier molecular flexibility index (Phi) is 4.98. The van der Waals surface area contributed by atoms with Gasteiger partial charge in [0, 0.05) is 51.9 Å². The number of primary amides is 1. The molecule has 2 aliphatic carbocycles. The summed E-state index contributed by atoms with van der Waals surface area (Å²) in [7, 11) is 0. The Balaban J connectivity index is 1.90. The van der Waals surface area contributed by atoms with Crippen molar-refractivity contribution in [1.82, 2.24) is 5.32 Å². The summed E-state index contributed by atoms with van der Waals surface area (Å²) in [6, 6.07) is 5.02. The summed E-state index contributed by atoms with van der Waals surface area (Å²) in [4.78, 5) is 37.0. The number of carbonyl (C=O) groups excluding carboxylic acids is 3. The van der Waals surface area contributed by atoms with Gasteiger partial charge in [-0.15, -0.1) is 0 Å². The smallest absolute Gasteiger partial charge is 0.255 e. The van der Waals surface area contributed by atoms with E-state index in [2.05, 4.69) is 5.32 Å². The zero-order chi connectivity index (χ0) is 19.8. The second kappa shape index (κ2) is 7.43. The minimum absolute atomic E-state index is 0.0319. The summed E-state index contributed by atoms with van der Waals surface area (Å²) in [6.45, 7) is -0.292. The second-order valence-corrected chi connectivity index (χ2v) is 7.77. The van der Waals surface area contributed by atoms with E-state index in [0.717, 1.165) is 37.1 Å². The number of nitrogens with two attached hydrogens (primary N) is 1. The van der Waals surface area contributed by atoms with Gasteiger partial charge in [-0.3, -0.25) is 14.4 Å². The third-order valence-electron chi connectivity index (χ3n) is 5.44. The third kappa shape index (κ3) is 3.33. The number of dihydropyridines is 1. The van der Waals surface area contributed by atoms with Gasteiger partial charge in [-0.05, 0) is 43.9 Å². The Morgan fingerprint density at radius 1 is 1.07 bits per heavy atom. The number of allylic oxidation sites excluding steroid dienone is 4. The van der Waals surface area contributed by atoms with E-state index in [1.165, 1.54) is 0 Å². The lowest BCUT2D eigenvalue weighted by Crippen LogP contribution is -2.36. The van der Waals surface area contributed by atoms with E-state index in [0.29, 0.717) is 40.3 Å². The molecule has 0 saturated carbocycles. The molecule has 0 radical (unpaired) electrons. The van der Waals surface area contributed by atoms with Gasteiger partial charge in [-0.1, -0.05) is 11.6 Å². The largest absolute Gasteiger partial charge is 0.483 e. The summed E-state index contributed by atoms with van der Waals surface area (Å²) in [5.74, 6) is -0.665. The van der Waals surface area contributed by atoms with Gasteiger partial charge >= 0.3 is 0 Å². The zero-order valence-electron chi connectivity index (χ0n) is 15.3. The van der Waals surface area contributed by atoms with Crippen molar-refractivity contribution in [3.8, 4) is 5.75 Å². The van der Waals surface area contributed by atoms with E-state index in [-0.39, 0.29) is 18.2 Å². The molecule has 1 aliphatic heterocycles. The Labute approximate surface area is 167 Å². The number of hydrogen-bond acceptors (Lipinski definition) is 5. The normalized spacial score (nSPS) is 19.9. The minimum Gasteiger partial charge on any atom is -0.483 e. The first kappa shape index (κ1) is 18.7. The third-order valence-corrected chi connectivity index (χ3v) is 5.68. The summed E-state index contributed by atoms with van der Waals surface area (Å²) in [5, 5.41) is 3.84. The van der Waals surface area contributed by atoms with Crippen molar-refractivity contribution in [2.75, 3.05) is 6.61 Å². The lowest BCUT2D eigenvalue weighted by atomic mass is 9.71. The number of carbonyl (C=O) groups is 3. The highest BCUT2D eigenvalue weighted by Gasteiger charge is 2.41. The fourth-order valence-corrected chi connectivity index (χ4v) is 4.50. The van der Waals surface area contributed by atoms with E-state index in [1.807, 2.05) is 0 Å². The maximum absolute atomic E-state index is 12.9. The Bertz CT molecular complexity index is 906. The number of nitrogens with one attached hydrogen (secondary N) is 1. The van der Waals surface area contributed by atoms with Gasteiger partial charge < -0.3 is 15.8 Å². The molecule has 3 aliphatic rings. The number of benzene rings is 1. The lowest BCUT2D eigenvalue weighted by molar-refractivity contribution is -0.120. The van der Waals surface area contributed by atoms with Crippen LogP contribution < -0.4 is 15.8 Å². The van der Waals surface area contributed by atoms with Crippen LogP contribution >= 0.6 is 11.6 Å². The molecule has 1 amide bonds. The molecule has 4 rings (SSSR count). The molecule has 3 N–H and O–H groups in total. The van der Waals surface area contributed by atoms with Crippen molar-refractivity contribution in [3.63, 3.8) is 0 Å². The minimum atomic E-state index is -0.603. The molecule has 0 unspecified atom stereocenters. The molecule has 1 aromatic rings. The molecule has 7 heteroatoms. The van der Waals surface area contributed by atoms with Gasteiger partial charge in [0.25, 0.3) is 5.91 Å². The molecule has 1 aromatic carbocycles. The van der Waals surface area contributed by atoms with Gasteiger partial charge in [0.2, 0.25) is 0 Å². The number of halogens is 1. The number of rotatable bonds is 4. The van der Waals surface area contributed by atoms with Crippen LogP contribution in [-0.4, -0.2) is 24.1 Å². The molecular formula is C21H21ClN2O4. The van der Waals surface area contributed by atoms with Gasteiger partial charge in [0.15, 0.2) is 18.2 Å².